The molecule has 0 saturated heterocycles. The second-order valence-corrected chi connectivity index (χ2v) is 3.87. The molecule has 0 heterocycles. The van der Waals surface area contributed by atoms with Gasteiger partial charge in [0.1, 0.15) is 5.84 Å². The molecule has 0 unspecified atom stereocenters. The van der Waals surface area contributed by atoms with Gasteiger partial charge in [-0.25, -0.2) is 4.39 Å². The van der Waals surface area contributed by atoms with Crippen molar-refractivity contribution >= 4 is 5.84 Å². The van der Waals surface area contributed by atoms with Crippen molar-refractivity contribution in [1.29, 1.82) is 0 Å². The molecule has 0 N–H and O–H groups in total. The zero-order valence-electron chi connectivity index (χ0n) is 13.1. The average Bonchev–Trinajstić information content (AvgIpc) is 2.43. The van der Waals surface area contributed by atoms with Gasteiger partial charge in [-0.3, -0.25) is 0 Å². The molecule has 0 bridgehead atoms. The van der Waals surface area contributed by atoms with Crippen LogP contribution in [0.4, 0.5) is 4.39 Å². The fourth-order valence-corrected chi connectivity index (χ4v) is 1.20. The Labute approximate surface area is 117 Å². The van der Waals surface area contributed by atoms with Crippen molar-refractivity contribution in [2.45, 2.75) is 33.6 Å². The summed E-state index contributed by atoms with van der Waals surface area (Å²) in [5.74, 6) is 0.361. The van der Waals surface area contributed by atoms with Crippen molar-refractivity contribution in [2.75, 3.05) is 21.2 Å². The van der Waals surface area contributed by atoms with Crippen molar-refractivity contribution < 1.29 is 9.13 Å². The molecule has 0 spiro atoms. The van der Waals surface area contributed by atoms with Gasteiger partial charge in [0.2, 0.25) is 0 Å². The van der Waals surface area contributed by atoms with Gasteiger partial charge in [0.15, 0.2) is 5.83 Å². The number of halogens is 1. The summed E-state index contributed by atoms with van der Waals surface area (Å²) < 4.78 is 19.1. The van der Waals surface area contributed by atoms with E-state index in [0.717, 1.165) is 6.42 Å². The van der Waals surface area contributed by atoms with E-state index in [0.29, 0.717) is 17.8 Å². The number of rotatable bonds is 5. The molecule has 19 heavy (non-hydrogen) atoms. The van der Waals surface area contributed by atoms with Crippen molar-refractivity contribution in [1.82, 2.24) is 4.90 Å². The minimum absolute atomic E-state index is 0.0396. The van der Waals surface area contributed by atoms with E-state index >= 15 is 0 Å². The smallest absolute Gasteiger partial charge is 0.252 e. The zero-order chi connectivity index (χ0) is 15.4. The standard InChI is InChI=1S/C13H23FN2O.C2H4/c1-7-9-11(8-2)12(14)13(17-6)15-10(3)16(4)5;1-2/h9H,7-8H2,1-6H3;1-2H2/b11-9+,13-12-,15-10+;. The van der Waals surface area contributed by atoms with Crippen LogP contribution < -0.4 is 0 Å². The highest BCUT2D eigenvalue weighted by Gasteiger charge is 2.11. The molecule has 0 saturated carbocycles. The molecule has 110 valence electrons. The van der Waals surface area contributed by atoms with Gasteiger partial charge in [-0.15, -0.1) is 13.2 Å². The van der Waals surface area contributed by atoms with E-state index in [4.69, 9.17) is 4.74 Å². The third-order valence-electron chi connectivity index (χ3n) is 2.41. The molecule has 0 aromatic carbocycles. The number of nitrogens with zero attached hydrogens (tertiary/aromatic N) is 2. The van der Waals surface area contributed by atoms with E-state index in [2.05, 4.69) is 18.2 Å². The normalized spacial score (nSPS) is 13.2. The van der Waals surface area contributed by atoms with Crippen LogP contribution in [0.2, 0.25) is 0 Å². The maximum atomic E-state index is 14.1. The van der Waals surface area contributed by atoms with Crippen LogP contribution in [0.15, 0.2) is 41.5 Å². The first-order chi connectivity index (χ1) is 8.97. The summed E-state index contributed by atoms with van der Waals surface area (Å²) in [7, 11) is 5.14. The minimum atomic E-state index is -0.377. The van der Waals surface area contributed by atoms with Crippen LogP contribution >= 0.6 is 0 Å². The molecule has 3 nitrogen and oxygen atoms in total. The molecular formula is C15H27FN2O. The number of allylic oxidation sites excluding steroid dienone is 3. The Morgan fingerprint density at radius 2 is 1.84 bits per heavy atom. The van der Waals surface area contributed by atoms with Gasteiger partial charge in [0.05, 0.1) is 7.11 Å². The molecule has 0 aliphatic carbocycles. The van der Waals surface area contributed by atoms with E-state index in [1.165, 1.54) is 7.11 Å². The molecule has 0 radical (unpaired) electrons. The predicted octanol–water partition coefficient (Wildman–Crippen LogP) is 4.30. The van der Waals surface area contributed by atoms with Gasteiger partial charge in [-0.2, -0.15) is 4.99 Å². The van der Waals surface area contributed by atoms with E-state index < -0.39 is 0 Å². The molecule has 0 aliphatic heterocycles. The molecule has 0 amide bonds. The Balaban J connectivity index is 0. The van der Waals surface area contributed by atoms with Crippen molar-refractivity contribution in [3.8, 4) is 0 Å². The Bertz CT molecular complexity index is 344. The lowest BCUT2D eigenvalue weighted by Crippen LogP contribution is -2.18. The summed E-state index contributed by atoms with van der Waals surface area (Å²) in [5, 5.41) is 0. The number of methoxy groups -OCH3 is 1. The summed E-state index contributed by atoms with van der Waals surface area (Å²) in [6, 6.07) is 0. The monoisotopic (exact) mass is 270 g/mol. The Hall–Kier alpha value is -1.58. The second kappa shape index (κ2) is 11.5. The van der Waals surface area contributed by atoms with Crippen LogP contribution in [-0.2, 0) is 4.74 Å². The van der Waals surface area contributed by atoms with Gasteiger partial charge in [0.25, 0.3) is 5.88 Å². The number of hydrogen-bond donors (Lipinski definition) is 0. The highest BCUT2D eigenvalue weighted by Crippen LogP contribution is 2.21. The first kappa shape index (κ1) is 19.8. The number of amidine groups is 1. The summed E-state index contributed by atoms with van der Waals surface area (Å²) >= 11 is 0. The lowest BCUT2D eigenvalue weighted by Gasteiger charge is -2.12. The van der Waals surface area contributed by atoms with Crippen molar-refractivity contribution in [3.05, 3.63) is 36.5 Å². The minimum Gasteiger partial charge on any atom is -0.479 e. The zero-order valence-corrected chi connectivity index (χ0v) is 13.1. The summed E-state index contributed by atoms with van der Waals surface area (Å²) in [5.41, 5.74) is 0.639. The number of hydrogen-bond acceptors (Lipinski definition) is 2. The van der Waals surface area contributed by atoms with E-state index in [-0.39, 0.29) is 11.7 Å². The highest BCUT2D eigenvalue weighted by molar-refractivity contribution is 5.80. The third-order valence-corrected chi connectivity index (χ3v) is 2.41. The average molecular weight is 270 g/mol. The summed E-state index contributed by atoms with van der Waals surface area (Å²) in [6.45, 7) is 11.7. The maximum Gasteiger partial charge on any atom is 0.252 e. The first-order valence-electron chi connectivity index (χ1n) is 6.33. The van der Waals surface area contributed by atoms with Gasteiger partial charge >= 0.3 is 0 Å². The van der Waals surface area contributed by atoms with Crippen molar-refractivity contribution in [3.63, 3.8) is 0 Å². The summed E-state index contributed by atoms with van der Waals surface area (Å²) in [4.78, 5) is 5.94. The lowest BCUT2D eigenvalue weighted by molar-refractivity contribution is 0.272. The SMILES string of the molecule is C=C.CC/C=C(CC)/C(F)=C(\N=C(/C)N(C)C)OC. The molecular weight excluding hydrogens is 243 g/mol. The molecule has 0 aliphatic rings. The molecule has 0 aromatic heterocycles. The van der Waals surface area contributed by atoms with Crippen molar-refractivity contribution in [2.24, 2.45) is 4.99 Å². The molecule has 0 aromatic rings. The quantitative estimate of drug-likeness (QED) is 0.245. The van der Waals surface area contributed by atoms with Gasteiger partial charge in [-0.1, -0.05) is 19.9 Å². The van der Waals surface area contributed by atoms with Crippen LogP contribution in [-0.4, -0.2) is 31.9 Å². The number of ether oxygens (including phenoxy) is 1. The number of aliphatic imine (C=N–C) groups is 1. The van der Waals surface area contributed by atoms with E-state index in [1.807, 2.05) is 34.0 Å². The molecule has 0 rings (SSSR count). The third kappa shape index (κ3) is 7.44. The Morgan fingerprint density at radius 3 is 2.16 bits per heavy atom. The first-order valence-corrected chi connectivity index (χ1v) is 6.33. The van der Waals surface area contributed by atoms with Crippen LogP contribution in [0.3, 0.4) is 0 Å². The largest absolute Gasteiger partial charge is 0.479 e. The van der Waals surface area contributed by atoms with Crippen LogP contribution in [0, 0.1) is 0 Å². The molecule has 0 fully saturated rings. The fraction of sp³-hybridized carbons (Fsp3) is 0.533. The van der Waals surface area contributed by atoms with Crippen LogP contribution in [0.5, 0.6) is 0 Å². The second-order valence-electron chi connectivity index (χ2n) is 3.87. The van der Waals surface area contributed by atoms with Crippen LogP contribution in [0.1, 0.15) is 33.6 Å². The highest BCUT2D eigenvalue weighted by atomic mass is 19.1. The Kier molecular flexibility index (Phi) is 12.0. The topological polar surface area (TPSA) is 24.8 Å². The van der Waals surface area contributed by atoms with Crippen LogP contribution in [0.25, 0.3) is 0 Å². The lowest BCUT2D eigenvalue weighted by atomic mass is 10.1. The molecule has 0 atom stereocenters. The van der Waals surface area contributed by atoms with E-state index in [9.17, 15) is 4.39 Å². The Morgan fingerprint density at radius 1 is 1.32 bits per heavy atom. The van der Waals surface area contributed by atoms with E-state index in [1.54, 1.807) is 11.8 Å². The molecule has 4 heteroatoms. The predicted molar refractivity (Wildman–Crippen MR) is 81.9 cm³/mol. The maximum absolute atomic E-state index is 14.1. The summed E-state index contributed by atoms with van der Waals surface area (Å²) in [6.07, 6.45) is 3.28. The van der Waals surface area contributed by atoms with Gasteiger partial charge in [-0.05, 0) is 25.3 Å². The van der Waals surface area contributed by atoms with Gasteiger partial charge < -0.3 is 9.64 Å². The fourth-order valence-electron chi connectivity index (χ4n) is 1.20. The van der Waals surface area contributed by atoms with Gasteiger partial charge in [0, 0.05) is 14.1 Å².